The summed E-state index contributed by atoms with van der Waals surface area (Å²) in [6.07, 6.45) is 6.51. The minimum atomic E-state index is 0.420. The molecule has 0 saturated heterocycles. The van der Waals surface area contributed by atoms with Crippen LogP contribution in [-0.4, -0.2) is 12.8 Å². The van der Waals surface area contributed by atoms with Gasteiger partial charge in [-0.15, -0.1) is 0 Å². The predicted molar refractivity (Wildman–Crippen MR) is 98.8 cm³/mol. The molecule has 1 unspecified atom stereocenters. The van der Waals surface area contributed by atoms with Crippen LogP contribution in [0.3, 0.4) is 0 Å². The maximum atomic E-state index is 4.74. The van der Waals surface area contributed by atoms with Crippen LogP contribution < -0.4 is 5.01 Å². The van der Waals surface area contributed by atoms with Crippen LogP contribution in [0.15, 0.2) is 89.1 Å². The van der Waals surface area contributed by atoms with E-state index in [4.69, 9.17) is 5.10 Å². The van der Waals surface area contributed by atoms with Crippen LogP contribution in [0, 0.1) is 5.92 Å². The molecule has 23 heavy (non-hydrogen) atoms. The van der Waals surface area contributed by atoms with Gasteiger partial charge in [0.25, 0.3) is 0 Å². The van der Waals surface area contributed by atoms with Crippen molar-refractivity contribution in [1.29, 1.82) is 0 Å². The molecule has 0 fully saturated rings. The van der Waals surface area contributed by atoms with Crippen LogP contribution in [-0.2, 0) is 0 Å². The van der Waals surface area contributed by atoms with Crippen molar-refractivity contribution in [3.05, 3.63) is 89.5 Å². The highest BCUT2D eigenvalue weighted by molar-refractivity contribution is 5.80. The van der Waals surface area contributed by atoms with Crippen molar-refractivity contribution in [1.82, 2.24) is 0 Å². The van der Waals surface area contributed by atoms with Gasteiger partial charge in [0.2, 0.25) is 0 Å². The summed E-state index contributed by atoms with van der Waals surface area (Å²) in [4.78, 5) is 0. The molecule has 3 rings (SSSR count). The van der Waals surface area contributed by atoms with Crippen molar-refractivity contribution in [2.24, 2.45) is 11.0 Å². The molecule has 2 aromatic carbocycles. The molecular formula is C21H22N2. The highest BCUT2D eigenvalue weighted by Gasteiger charge is 2.17. The Labute approximate surface area is 138 Å². The number of hydrazone groups is 1. The molecule has 2 heteroatoms. The Morgan fingerprint density at radius 3 is 2.22 bits per heavy atom. The van der Waals surface area contributed by atoms with Gasteiger partial charge in [0.15, 0.2) is 0 Å². The van der Waals surface area contributed by atoms with Crippen molar-refractivity contribution in [3.8, 4) is 0 Å². The molecule has 0 aliphatic heterocycles. The molecule has 0 bridgehead atoms. The Balaban J connectivity index is 1.83. The fourth-order valence-corrected chi connectivity index (χ4v) is 2.84. The van der Waals surface area contributed by atoms with E-state index in [0.29, 0.717) is 5.92 Å². The molecule has 116 valence electrons. The highest BCUT2D eigenvalue weighted by Crippen LogP contribution is 2.26. The van der Waals surface area contributed by atoms with E-state index in [0.717, 1.165) is 17.8 Å². The summed E-state index contributed by atoms with van der Waals surface area (Å²) in [7, 11) is 0. The van der Waals surface area contributed by atoms with Gasteiger partial charge >= 0.3 is 0 Å². The third kappa shape index (κ3) is 3.98. The maximum absolute atomic E-state index is 4.74. The summed E-state index contributed by atoms with van der Waals surface area (Å²) in [6.45, 7) is 5.21. The monoisotopic (exact) mass is 302 g/mol. The van der Waals surface area contributed by atoms with Crippen molar-refractivity contribution in [3.63, 3.8) is 0 Å². The second-order valence-electron chi connectivity index (χ2n) is 5.98. The molecule has 0 amide bonds. The molecule has 0 saturated carbocycles. The first kappa shape index (κ1) is 15.3. The Morgan fingerprint density at radius 1 is 0.957 bits per heavy atom. The number of nitrogens with zero attached hydrogens (tertiary/aromatic N) is 2. The van der Waals surface area contributed by atoms with E-state index in [9.17, 15) is 0 Å². The Kier molecular flexibility index (Phi) is 4.72. The van der Waals surface area contributed by atoms with Crippen LogP contribution in [0.1, 0.15) is 19.4 Å². The Bertz CT molecular complexity index is 727. The smallest absolute Gasteiger partial charge is 0.0594 e. The zero-order chi connectivity index (χ0) is 16.1. The number of benzene rings is 2. The lowest BCUT2D eigenvalue weighted by molar-refractivity contribution is 0.712. The minimum absolute atomic E-state index is 0.420. The predicted octanol–water partition coefficient (Wildman–Crippen LogP) is 5.05. The first-order valence-electron chi connectivity index (χ1n) is 8.00. The van der Waals surface area contributed by atoms with Gasteiger partial charge in [-0.3, -0.25) is 5.01 Å². The van der Waals surface area contributed by atoms with E-state index in [2.05, 4.69) is 67.4 Å². The number of rotatable bonds is 5. The van der Waals surface area contributed by atoms with E-state index < -0.39 is 0 Å². The largest absolute Gasteiger partial charge is 0.265 e. The fraction of sp³-hybridized carbons (Fsp3) is 0.190. The molecule has 1 atom stereocenters. The van der Waals surface area contributed by atoms with E-state index in [1.165, 1.54) is 11.1 Å². The van der Waals surface area contributed by atoms with Gasteiger partial charge in [-0.1, -0.05) is 71.8 Å². The summed E-state index contributed by atoms with van der Waals surface area (Å²) in [5.41, 5.74) is 4.97. The lowest BCUT2D eigenvalue weighted by Gasteiger charge is -2.23. The summed E-state index contributed by atoms with van der Waals surface area (Å²) < 4.78 is 0. The van der Waals surface area contributed by atoms with Crippen molar-refractivity contribution >= 4 is 11.9 Å². The van der Waals surface area contributed by atoms with Crippen molar-refractivity contribution in [2.45, 2.75) is 13.8 Å². The minimum Gasteiger partial charge on any atom is -0.265 e. The standard InChI is InChI=1S/C21H22N2/c1-17-13-18(2)20(14-17)16-23(21-11-7-4-8-12-21)22-15-19-9-5-3-6-10-19/h3-15,20H,16H2,1-2H3. The second kappa shape index (κ2) is 7.10. The zero-order valence-electron chi connectivity index (χ0n) is 13.7. The van der Waals surface area contributed by atoms with Gasteiger partial charge in [-0.05, 0) is 31.5 Å². The van der Waals surface area contributed by atoms with Crippen LogP contribution in [0.5, 0.6) is 0 Å². The molecule has 0 spiro atoms. The lowest BCUT2D eigenvalue weighted by Crippen LogP contribution is -2.24. The van der Waals surface area contributed by atoms with Crippen molar-refractivity contribution < 1.29 is 0 Å². The SMILES string of the molecule is CC1=CC(CN(N=Cc2ccccc2)c2ccccc2)C(C)=C1. The summed E-state index contributed by atoms with van der Waals surface area (Å²) in [5.74, 6) is 0.420. The van der Waals surface area contributed by atoms with E-state index >= 15 is 0 Å². The molecule has 1 aliphatic carbocycles. The van der Waals surface area contributed by atoms with Crippen LogP contribution >= 0.6 is 0 Å². The fourth-order valence-electron chi connectivity index (χ4n) is 2.84. The normalized spacial score (nSPS) is 17.2. The van der Waals surface area contributed by atoms with Gasteiger partial charge in [0, 0.05) is 5.92 Å². The number of allylic oxidation sites excluding steroid dienone is 2. The summed E-state index contributed by atoms with van der Waals surface area (Å²) in [6, 6.07) is 20.6. The first-order valence-corrected chi connectivity index (χ1v) is 8.00. The van der Waals surface area contributed by atoms with Gasteiger partial charge < -0.3 is 0 Å². The van der Waals surface area contributed by atoms with E-state index in [1.807, 2.05) is 30.5 Å². The summed E-state index contributed by atoms with van der Waals surface area (Å²) >= 11 is 0. The quantitative estimate of drug-likeness (QED) is 0.557. The molecule has 1 aliphatic rings. The average Bonchev–Trinajstić information content (AvgIpc) is 2.90. The molecule has 0 aromatic heterocycles. The van der Waals surface area contributed by atoms with E-state index in [1.54, 1.807) is 0 Å². The molecule has 2 nitrogen and oxygen atoms in total. The first-order chi connectivity index (χ1) is 11.2. The van der Waals surface area contributed by atoms with Gasteiger partial charge in [-0.2, -0.15) is 5.10 Å². The van der Waals surface area contributed by atoms with Gasteiger partial charge in [-0.25, -0.2) is 0 Å². The number of para-hydroxylation sites is 1. The topological polar surface area (TPSA) is 15.6 Å². The molecular weight excluding hydrogens is 280 g/mol. The average molecular weight is 302 g/mol. The Hall–Kier alpha value is -2.61. The second-order valence-corrected chi connectivity index (χ2v) is 5.98. The van der Waals surface area contributed by atoms with Crippen molar-refractivity contribution in [2.75, 3.05) is 11.6 Å². The number of hydrogen-bond acceptors (Lipinski definition) is 2. The molecule has 0 heterocycles. The zero-order valence-corrected chi connectivity index (χ0v) is 13.7. The van der Waals surface area contributed by atoms with Crippen LogP contribution in [0.25, 0.3) is 0 Å². The van der Waals surface area contributed by atoms with Crippen LogP contribution in [0.2, 0.25) is 0 Å². The maximum Gasteiger partial charge on any atom is 0.0594 e. The van der Waals surface area contributed by atoms with E-state index in [-0.39, 0.29) is 0 Å². The third-order valence-electron chi connectivity index (χ3n) is 4.07. The summed E-state index contributed by atoms with van der Waals surface area (Å²) in [5, 5.41) is 6.83. The number of anilines is 1. The molecule has 2 aromatic rings. The van der Waals surface area contributed by atoms with Gasteiger partial charge in [0.05, 0.1) is 18.4 Å². The lowest BCUT2D eigenvalue weighted by atomic mass is 10.0. The third-order valence-corrected chi connectivity index (χ3v) is 4.07. The Morgan fingerprint density at radius 2 is 1.61 bits per heavy atom. The molecule has 0 N–H and O–H groups in total. The van der Waals surface area contributed by atoms with Crippen LogP contribution in [0.4, 0.5) is 5.69 Å². The highest BCUT2D eigenvalue weighted by atomic mass is 15.4. The van der Waals surface area contributed by atoms with Gasteiger partial charge in [0.1, 0.15) is 0 Å². The molecule has 0 radical (unpaired) electrons. The number of hydrogen-bond donors (Lipinski definition) is 0.